The quantitative estimate of drug-likeness (QED) is 0.658. The van der Waals surface area contributed by atoms with Gasteiger partial charge in [0.2, 0.25) is 0 Å². The summed E-state index contributed by atoms with van der Waals surface area (Å²) < 4.78 is 0.654. The lowest BCUT2D eigenvalue weighted by Gasteiger charge is -2.46. The number of nitrogens with zero attached hydrogens (tertiary/aromatic N) is 1. The SMILES string of the molecule is CC(C)N1CCSC2(CCCCC2)C1. The second-order valence-electron chi connectivity index (χ2n) is 5.16. The highest BCUT2D eigenvalue weighted by atomic mass is 32.2. The Balaban J connectivity index is 1.97. The molecule has 82 valence electrons. The van der Waals surface area contributed by atoms with Crippen molar-refractivity contribution in [3.63, 3.8) is 0 Å². The molecular formula is C12H23NS. The van der Waals surface area contributed by atoms with E-state index < -0.39 is 0 Å². The van der Waals surface area contributed by atoms with Crippen LogP contribution in [-0.2, 0) is 0 Å². The summed E-state index contributed by atoms with van der Waals surface area (Å²) in [5, 5.41) is 0. The maximum Gasteiger partial charge on any atom is 0.0287 e. The van der Waals surface area contributed by atoms with Gasteiger partial charge < -0.3 is 0 Å². The first-order valence-corrected chi connectivity index (χ1v) is 7.08. The van der Waals surface area contributed by atoms with Gasteiger partial charge in [-0.15, -0.1) is 0 Å². The molecule has 0 unspecified atom stereocenters. The first-order valence-electron chi connectivity index (χ1n) is 6.10. The monoisotopic (exact) mass is 213 g/mol. The van der Waals surface area contributed by atoms with Crippen LogP contribution in [0.25, 0.3) is 0 Å². The molecule has 1 spiro atoms. The Morgan fingerprint density at radius 2 is 1.86 bits per heavy atom. The molecule has 1 saturated heterocycles. The highest BCUT2D eigenvalue weighted by molar-refractivity contribution is 8.00. The predicted octanol–water partition coefficient (Wildman–Crippen LogP) is 3.15. The molecule has 0 radical (unpaired) electrons. The zero-order chi connectivity index (χ0) is 10.0. The fourth-order valence-corrected chi connectivity index (χ4v) is 4.41. The van der Waals surface area contributed by atoms with Crippen molar-refractivity contribution in [3.05, 3.63) is 0 Å². The third-order valence-corrected chi connectivity index (χ3v) is 5.31. The van der Waals surface area contributed by atoms with E-state index in [1.165, 1.54) is 50.9 Å². The average Bonchev–Trinajstić information content (AvgIpc) is 2.19. The number of thioether (sulfide) groups is 1. The van der Waals surface area contributed by atoms with Crippen molar-refractivity contribution in [1.82, 2.24) is 4.90 Å². The summed E-state index contributed by atoms with van der Waals surface area (Å²) in [6.45, 7) is 7.35. The van der Waals surface area contributed by atoms with Crippen LogP contribution in [0.2, 0.25) is 0 Å². The van der Waals surface area contributed by atoms with Gasteiger partial charge in [-0.3, -0.25) is 4.90 Å². The third kappa shape index (κ3) is 2.27. The highest BCUT2D eigenvalue weighted by Gasteiger charge is 2.37. The Bertz CT molecular complexity index is 179. The topological polar surface area (TPSA) is 3.24 Å². The summed E-state index contributed by atoms with van der Waals surface area (Å²) in [4.78, 5) is 2.68. The smallest absolute Gasteiger partial charge is 0.0287 e. The maximum absolute atomic E-state index is 2.68. The van der Waals surface area contributed by atoms with Crippen LogP contribution in [0.5, 0.6) is 0 Å². The lowest BCUT2D eigenvalue weighted by molar-refractivity contribution is 0.182. The lowest BCUT2D eigenvalue weighted by Crippen LogP contribution is -2.49. The number of rotatable bonds is 1. The molecule has 2 fully saturated rings. The van der Waals surface area contributed by atoms with E-state index in [2.05, 4.69) is 30.5 Å². The molecule has 0 aromatic rings. The molecule has 2 rings (SSSR count). The van der Waals surface area contributed by atoms with Gasteiger partial charge in [-0.25, -0.2) is 0 Å². The summed E-state index contributed by atoms with van der Waals surface area (Å²) in [6, 6.07) is 0.745. The predicted molar refractivity (Wildman–Crippen MR) is 65.0 cm³/mol. The van der Waals surface area contributed by atoms with Crippen molar-refractivity contribution in [2.24, 2.45) is 0 Å². The molecule has 1 heterocycles. The van der Waals surface area contributed by atoms with E-state index >= 15 is 0 Å². The summed E-state index contributed by atoms with van der Waals surface area (Å²) in [7, 11) is 0. The minimum Gasteiger partial charge on any atom is -0.299 e. The molecule has 0 atom stereocenters. The fourth-order valence-electron chi connectivity index (χ4n) is 2.81. The van der Waals surface area contributed by atoms with Crippen LogP contribution in [0.4, 0.5) is 0 Å². The van der Waals surface area contributed by atoms with Gasteiger partial charge in [-0.05, 0) is 26.7 Å². The van der Waals surface area contributed by atoms with Gasteiger partial charge >= 0.3 is 0 Å². The van der Waals surface area contributed by atoms with E-state index in [-0.39, 0.29) is 0 Å². The fraction of sp³-hybridized carbons (Fsp3) is 1.00. The van der Waals surface area contributed by atoms with Crippen LogP contribution in [0.3, 0.4) is 0 Å². The molecule has 0 aromatic heterocycles. The summed E-state index contributed by atoms with van der Waals surface area (Å²) in [5.74, 6) is 1.36. The first kappa shape index (κ1) is 10.8. The molecule has 0 bridgehead atoms. The molecule has 14 heavy (non-hydrogen) atoms. The van der Waals surface area contributed by atoms with Crippen LogP contribution in [-0.4, -0.2) is 34.5 Å². The van der Waals surface area contributed by atoms with Gasteiger partial charge in [0.25, 0.3) is 0 Å². The Morgan fingerprint density at radius 1 is 1.14 bits per heavy atom. The number of hydrogen-bond donors (Lipinski definition) is 0. The third-order valence-electron chi connectivity index (χ3n) is 3.77. The molecule has 0 amide bonds. The number of hydrogen-bond acceptors (Lipinski definition) is 2. The second-order valence-corrected chi connectivity index (χ2v) is 6.72. The van der Waals surface area contributed by atoms with Gasteiger partial charge in [0.1, 0.15) is 0 Å². The summed E-state index contributed by atoms with van der Waals surface area (Å²) >= 11 is 2.27. The van der Waals surface area contributed by atoms with Crippen molar-refractivity contribution in [2.45, 2.75) is 56.7 Å². The zero-order valence-electron chi connectivity index (χ0n) is 9.59. The van der Waals surface area contributed by atoms with Gasteiger partial charge in [0, 0.05) is 29.6 Å². The summed E-state index contributed by atoms with van der Waals surface area (Å²) in [5.41, 5.74) is 0. The molecule has 2 aliphatic rings. The van der Waals surface area contributed by atoms with E-state index in [1.54, 1.807) is 0 Å². The van der Waals surface area contributed by atoms with Gasteiger partial charge in [0.05, 0.1) is 0 Å². The molecular weight excluding hydrogens is 190 g/mol. The molecule has 1 nitrogen and oxygen atoms in total. The van der Waals surface area contributed by atoms with E-state index in [0.717, 1.165) is 6.04 Å². The molecule has 1 saturated carbocycles. The zero-order valence-corrected chi connectivity index (χ0v) is 10.4. The van der Waals surface area contributed by atoms with E-state index in [9.17, 15) is 0 Å². The summed E-state index contributed by atoms with van der Waals surface area (Å²) in [6.07, 6.45) is 7.36. The van der Waals surface area contributed by atoms with Crippen molar-refractivity contribution >= 4 is 11.8 Å². The highest BCUT2D eigenvalue weighted by Crippen LogP contribution is 2.42. The van der Waals surface area contributed by atoms with E-state index in [4.69, 9.17) is 0 Å². The van der Waals surface area contributed by atoms with E-state index in [1.807, 2.05) is 0 Å². The van der Waals surface area contributed by atoms with Crippen LogP contribution >= 0.6 is 11.8 Å². The lowest BCUT2D eigenvalue weighted by atomic mass is 9.87. The Hall–Kier alpha value is 0.310. The Labute approximate surface area is 92.6 Å². The van der Waals surface area contributed by atoms with Crippen LogP contribution in [0.1, 0.15) is 46.0 Å². The van der Waals surface area contributed by atoms with Gasteiger partial charge in [-0.2, -0.15) is 11.8 Å². The molecule has 2 heteroatoms. The van der Waals surface area contributed by atoms with E-state index in [0.29, 0.717) is 4.75 Å². The molecule has 0 N–H and O–H groups in total. The molecule has 1 aliphatic heterocycles. The van der Waals surface area contributed by atoms with Crippen LogP contribution < -0.4 is 0 Å². The molecule has 0 aromatic carbocycles. The van der Waals surface area contributed by atoms with Crippen molar-refractivity contribution < 1.29 is 0 Å². The normalized spacial score (nSPS) is 28.5. The van der Waals surface area contributed by atoms with Gasteiger partial charge in [-0.1, -0.05) is 19.3 Å². The Kier molecular flexibility index (Phi) is 3.43. The second kappa shape index (κ2) is 4.44. The van der Waals surface area contributed by atoms with Crippen LogP contribution in [0, 0.1) is 0 Å². The molecule has 1 aliphatic carbocycles. The minimum atomic E-state index is 0.654. The Morgan fingerprint density at radius 3 is 2.50 bits per heavy atom. The first-order chi connectivity index (χ1) is 6.72. The van der Waals surface area contributed by atoms with Gasteiger partial charge in [0.15, 0.2) is 0 Å². The van der Waals surface area contributed by atoms with Crippen molar-refractivity contribution in [3.8, 4) is 0 Å². The average molecular weight is 213 g/mol. The standard InChI is InChI=1S/C12H23NS/c1-11(2)13-8-9-14-12(10-13)6-4-3-5-7-12/h11H,3-10H2,1-2H3. The van der Waals surface area contributed by atoms with Crippen LogP contribution in [0.15, 0.2) is 0 Å². The van der Waals surface area contributed by atoms with Crippen molar-refractivity contribution in [2.75, 3.05) is 18.8 Å². The van der Waals surface area contributed by atoms with Crippen molar-refractivity contribution in [1.29, 1.82) is 0 Å². The largest absolute Gasteiger partial charge is 0.299 e. The minimum absolute atomic E-state index is 0.654. The maximum atomic E-state index is 2.68.